The number of nitrogens with one attached hydrogen (secondary N) is 2. The van der Waals surface area contributed by atoms with E-state index in [9.17, 15) is 9.59 Å². The second kappa shape index (κ2) is 16.7. The van der Waals surface area contributed by atoms with Crippen molar-refractivity contribution in [1.29, 1.82) is 5.41 Å². The van der Waals surface area contributed by atoms with Gasteiger partial charge in [0.2, 0.25) is 5.78 Å². The Hall–Kier alpha value is -3.91. The van der Waals surface area contributed by atoms with Crippen LogP contribution in [0.1, 0.15) is 84.9 Å². The predicted octanol–water partition coefficient (Wildman–Crippen LogP) is 7.06. The van der Waals surface area contributed by atoms with Gasteiger partial charge in [0, 0.05) is 25.3 Å². The highest BCUT2D eigenvalue weighted by Gasteiger charge is 2.20. The van der Waals surface area contributed by atoms with Crippen LogP contribution >= 0.6 is 11.3 Å². The van der Waals surface area contributed by atoms with Gasteiger partial charge in [-0.2, -0.15) is 0 Å². The topological polar surface area (TPSA) is 114 Å². The van der Waals surface area contributed by atoms with Crippen LogP contribution in [0.3, 0.4) is 0 Å². The van der Waals surface area contributed by atoms with Crippen LogP contribution < -0.4 is 10.1 Å². The smallest absolute Gasteiger partial charge is 0.263 e. The lowest BCUT2D eigenvalue weighted by atomic mass is 10.0. The summed E-state index contributed by atoms with van der Waals surface area (Å²) < 4.78 is 11.1. The van der Waals surface area contributed by atoms with E-state index in [4.69, 9.17) is 19.9 Å². The van der Waals surface area contributed by atoms with E-state index >= 15 is 0 Å². The fourth-order valence-corrected chi connectivity index (χ4v) is 5.45. The molecule has 1 aliphatic heterocycles. The monoisotopic (exact) mass is 602 g/mol. The number of carbonyl (C=O) groups excluding carboxylic acids is 2. The molecule has 0 aliphatic carbocycles. The average molecular weight is 603 g/mol. The molecular weight excluding hydrogens is 560 g/mol. The maximum absolute atomic E-state index is 13.0. The third-order valence-corrected chi connectivity index (χ3v) is 8.12. The number of allylic oxidation sites excluding steroid dienone is 3. The van der Waals surface area contributed by atoms with Crippen molar-refractivity contribution in [3.05, 3.63) is 87.2 Å². The molecule has 0 radical (unpaired) electrons. The van der Waals surface area contributed by atoms with E-state index < -0.39 is 5.78 Å². The number of aliphatic imine (C=N–C) groups is 1. The number of aryl methyl sites for hydroxylation is 1. The number of hydrogen-bond acceptors (Lipinski definition) is 8. The van der Waals surface area contributed by atoms with Gasteiger partial charge in [-0.3, -0.25) is 14.6 Å². The number of thiazole rings is 1. The first kappa shape index (κ1) is 33.6. The first-order valence-electron chi connectivity index (χ1n) is 14.7. The van der Waals surface area contributed by atoms with Gasteiger partial charge in [0.1, 0.15) is 17.2 Å². The molecule has 1 amide bonds. The number of amides is 1. The van der Waals surface area contributed by atoms with E-state index in [0.29, 0.717) is 15.6 Å². The maximum atomic E-state index is 13.0. The molecule has 2 atom stereocenters. The first-order valence-corrected chi connectivity index (χ1v) is 15.5. The molecular formula is C34H42N4O4S. The molecule has 9 heteroatoms. The Bertz CT molecular complexity index is 1450. The maximum Gasteiger partial charge on any atom is 0.263 e. The molecule has 2 unspecified atom stereocenters. The number of ether oxygens (including phenoxy) is 2. The molecule has 3 rings (SSSR count). The van der Waals surface area contributed by atoms with E-state index in [0.717, 1.165) is 60.4 Å². The first-order chi connectivity index (χ1) is 20.6. The van der Waals surface area contributed by atoms with Gasteiger partial charge in [0.25, 0.3) is 5.91 Å². The van der Waals surface area contributed by atoms with E-state index in [1.807, 2.05) is 49.4 Å². The molecule has 228 valence electrons. The van der Waals surface area contributed by atoms with Gasteiger partial charge in [-0.1, -0.05) is 39.0 Å². The number of aromatic nitrogens is 1. The lowest BCUT2D eigenvalue weighted by molar-refractivity contribution is -0.116. The molecule has 1 aromatic carbocycles. The van der Waals surface area contributed by atoms with Crippen molar-refractivity contribution in [3.63, 3.8) is 0 Å². The molecule has 0 saturated heterocycles. The van der Waals surface area contributed by atoms with Crippen molar-refractivity contribution >= 4 is 34.5 Å². The lowest BCUT2D eigenvalue weighted by Crippen LogP contribution is -2.26. The molecule has 0 bridgehead atoms. The molecule has 0 fully saturated rings. The number of methoxy groups -OCH3 is 1. The highest BCUT2D eigenvalue weighted by molar-refractivity contribution is 7.14. The molecule has 0 saturated carbocycles. The van der Waals surface area contributed by atoms with Crippen LogP contribution in [0.4, 0.5) is 0 Å². The molecule has 2 heterocycles. The van der Waals surface area contributed by atoms with E-state index in [2.05, 4.69) is 36.5 Å². The van der Waals surface area contributed by atoms with Crippen LogP contribution in [0.15, 0.2) is 71.1 Å². The van der Waals surface area contributed by atoms with Crippen molar-refractivity contribution in [2.45, 2.75) is 78.4 Å². The second-order valence-corrected chi connectivity index (χ2v) is 11.6. The van der Waals surface area contributed by atoms with E-state index in [1.54, 1.807) is 6.92 Å². The van der Waals surface area contributed by atoms with Gasteiger partial charge in [-0.25, -0.2) is 4.98 Å². The minimum absolute atomic E-state index is 0.0358. The van der Waals surface area contributed by atoms with Crippen molar-refractivity contribution in [2.24, 2.45) is 4.99 Å². The van der Waals surface area contributed by atoms with Crippen LogP contribution in [-0.4, -0.2) is 47.9 Å². The summed E-state index contributed by atoms with van der Waals surface area (Å²) in [7, 11) is 1.41. The number of carbonyl (C=O) groups is 2. The van der Waals surface area contributed by atoms with Crippen molar-refractivity contribution in [2.75, 3.05) is 13.7 Å². The molecule has 1 aromatic heterocycles. The lowest BCUT2D eigenvalue weighted by Gasteiger charge is -2.19. The predicted molar refractivity (Wildman–Crippen MR) is 174 cm³/mol. The molecule has 1 aliphatic rings. The van der Waals surface area contributed by atoms with Crippen LogP contribution in [0.2, 0.25) is 0 Å². The zero-order chi connectivity index (χ0) is 31.4. The largest absolute Gasteiger partial charge is 0.490 e. The quantitative estimate of drug-likeness (QED) is 0.149. The number of benzene rings is 1. The van der Waals surface area contributed by atoms with Crippen molar-refractivity contribution in [3.8, 4) is 5.75 Å². The number of Topliss-reactive ketones (excluding diaryl/α,β-unsaturated/α-hetero) is 1. The van der Waals surface area contributed by atoms with Crippen LogP contribution in [-0.2, 0) is 16.0 Å². The standard InChI is InChI=1S/C34H42N4O4S/c1-7-11-26-12-9-10-13-30(38-26)22(3)14-17-27(8-2)42-28-18-15-25(16-19-28)23(4)37-34(40)33-24(5)36-32(43-33)20-29(35)31(39)21-41-6/h10,12-13,15-16,18-19,23,27,35H,3,7-8,11,14,17,20-21H2,1-2,4-6H3,(H,37,40). The minimum atomic E-state index is -0.392. The summed E-state index contributed by atoms with van der Waals surface area (Å²) in [5.74, 6) is 0.144. The van der Waals surface area contributed by atoms with Gasteiger partial charge in [-0.05, 0) is 75.0 Å². The molecule has 0 spiro atoms. The normalized spacial score (nSPS) is 13.9. The zero-order valence-electron chi connectivity index (χ0n) is 25.8. The van der Waals surface area contributed by atoms with Crippen LogP contribution in [0, 0.1) is 12.3 Å². The Morgan fingerprint density at radius 3 is 2.63 bits per heavy atom. The van der Waals surface area contributed by atoms with Crippen molar-refractivity contribution in [1.82, 2.24) is 10.3 Å². The number of ketones is 1. The summed E-state index contributed by atoms with van der Waals surface area (Å²) in [6.45, 7) is 12.1. The summed E-state index contributed by atoms with van der Waals surface area (Å²) in [5, 5.41) is 11.5. The van der Waals surface area contributed by atoms with Crippen molar-refractivity contribution < 1.29 is 19.1 Å². The Balaban J connectivity index is 1.54. The highest BCUT2D eigenvalue weighted by atomic mass is 32.1. The average Bonchev–Trinajstić information content (AvgIpc) is 3.19. The van der Waals surface area contributed by atoms with Gasteiger partial charge >= 0.3 is 0 Å². The Labute approximate surface area is 258 Å². The summed E-state index contributed by atoms with van der Waals surface area (Å²) >= 11 is 1.20. The minimum Gasteiger partial charge on any atom is -0.490 e. The number of nitrogens with zero attached hydrogens (tertiary/aromatic N) is 2. The van der Waals surface area contributed by atoms with Gasteiger partial charge < -0.3 is 20.2 Å². The Morgan fingerprint density at radius 1 is 1.21 bits per heavy atom. The number of rotatable bonds is 17. The third-order valence-electron chi connectivity index (χ3n) is 6.96. The van der Waals surface area contributed by atoms with Gasteiger partial charge in [0.15, 0.2) is 0 Å². The Kier molecular flexibility index (Phi) is 13.0. The van der Waals surface area contributed by atoms with Crippen LogP contribution in [0.25, 0.3) is 0 Å². The van der Waals surface area contributed by atoms with Crippen LogP contribution in [0.5, 0.6) is 5.75 Å². The fraction of sp³-hybridized carbons (Fsp3) is 0.412. The number of hydrogen-bond donors (Lipinski definition) is 2. The summed E-state index contributed by atoms with van der Waals surface area (Å²) in [5.41, 5.74) is 7.50. The molecule has 2 aromatic rings. The second-order valence-electron chi connectivity index (χ2n) is 10.5. The summed E-state index contributed by atoms with van der Waals surface area (Å²) in [6, 6.07) is 7.53. The Morgan fingerprint density at radius 2 is 1.95 bits per heavy atom. The highest BCUT2D eigenvalue weighted by Crippen LogP contribution is 2.25. The summed E-state index contributed by atoms with van der Waals surface area (Å²) in [4.78, 5) is 34.5. The fourth-order valence-electron chi connectivity index (χ4n) is 4.47. The molecule has 8 nitrogen and oxygen atoms in total. The summed E-state index contributed by atoms with van der Waals surface area (Å²) in [6.07, 6.45) is 10.3. The molecule has 2 N–H and O–H groups in total. The molecule has 43 heavy (non-hydrogen) atoms. The van der Waals surface area contributed by atoms with E-state index in [1.165, 1.54) is 18.4 Å². The van der Waals surface area contributed by atoms with Gasteiger partial charge in [-0.15, -0.1) is 17.1 Å². The SMILES string of the molecule is C=C(CCC(CC)Oc1ccc(C(C)NC(=O)c2sc(CC(=N)C(=O)COC)nc2C)cc1)C1=CC=C=CC(CCC)=N1. The van der Waals surface area contributed by atoms with E-state index in [-0.39, 0.29) is 36.8 Å². The van der Waals surface area contributed by atoms with Gasteiger partial charge in [0.05, 0.1) is 34.3 Å². The third kappa shape index (κ3) is 10.1. The zero-order valence-corrected chi connectivity index (χ0v) is 26.6.